The lowest BCUT2D eigenvalue weighted by Gasteiger charge is -2.04. The number of hydrogen-bond donors (Lipinski definition) is 2. The molecular formula is C22H16N6O3. The molecule has 9 heteroatoms. The van der Waals surface area contributed by atoms with E-state index in [2.05, 4.69) is 20.7 Å². The van der Waals surface area contributed by atoms with Crippen LogP contribution in [0.2, 0.25) is 0 Å². The number of hydrogen-bond acceptors (Lipinski definition) is 6. The molecule has 0 unspecified atom stereocenters. The molecule has 0 radical (unpaired) electrons. The zero-order valence-electron chi connectivity index (χ0n) is 16.1. The number of nitrogens with one attached hydrogen (secondary N) is 1. The van der Waals surface area contributed by atoms with Gasteiger partial charge in [-0.2, -0.15) is 4.80 Å². The molecule has 0 fully saturated rings. The van der Waals surface area contributed by atoms with Crippen molar-refractivity contribution in [2.75, 3.05) is 5.32 Å². The lowest BCUT2D eigenvalue weighted by molar-refractivity contribution is -0.117. The van der Waals surface area contributed by atoms with E-state index in [1.807, 2.05) is 36.4 Å². The number of rotatable bonds is 5. The number of aromatic nitrogens is 4. The van der Waals surface area contributed by atoms with Gasteiger partial charge >= 0.3 is 0 Å². The van der Waals surface area contributed by atoms with Crippen LogP contribution in [0, 0.1) is 0 Å². The Labute approximate surface area is 175 Å². The van der Waals surface area contributed by atoms with Crippen LogP contribution >= 0.6 is 0 Å². The molecule has 0 bridgehead atoms. The second-order valence-corrected chi connectivity index (χ2v) is 6.94. The Bertz CT molecular complexity index is 1430. The van der Waals surface area contributed by atoms with Crippen molar-refractivity contribution in [1.82, 2.24) is 20.2 Å². The maximum atomic E-state index is 12.5. The van der Waals surface area contributed by atoms with E-state index in [1.165, 1.54) is 4.80 Å². The fourth-order valence-corrected chi connectivity index (χ4v) is 3.34. The number of benzene rings is 3. The van der Waals surface area contributed by atoms with Gasteiger partial charge in [0.25, 0.3) is 0 Å². The van der Waals surface area contributed by atoms with Crippen LogP contribution in [0.15, 0.2) is 71.1 Å². The van der Waals surface area contributed by atoms with E-state index in [9.17, 15) is 9.59 Å². The molecule has 0 aliphatic carbocycles. The van der Waals surface area contributed by atoms with Crippen LogP contribution in [0.25, 0.3) is 33.3 Å². The molecule has 3 aromatic carbocycles. The first kappa shape index (κ1) is 18.5. The van der Waals surface area contributed by atoms with E-state index in [0.717, 1.165) is 21.9 Å². The number of amides is 2. The molecule has 9 nitrogen and oxygen atoms in total. The van der Waals surface area contributed by atoms with Crippen LogP contribution in [0.5, 0.6) is 0 Å². The Morgan fingerprint density at radius 2 is 1.74 bits per heavy atom. The molecule has 2 aromatic heterocycles. The van der Waals surface area contributed by atoms with E-state index >= 15 is 0 Å². The van der Waals surface area contributed by atoms with E-state index in [-0.39, 0.29) is 12.5 Å². The summed E-state index contributed by atoms with van der Waals surface area (Å²) >= 11 is 0. The third-order valence-corrected chi connectivity index (χ3v) is 4.83. The van der Waals surface area contributed by atoms with Gasteiger partial charge in [0.1, 0.15) is 17.7 Å². The van der Waals surface area contributed by atoms with Gasteiger partial charge < -0.3 is 15.5 Å². The highest BCUT2D eigenvalue weighted by atomic mass is 16.3. The Kier molecular flexibility index (Phi) is 4.40. The van der Waals surface area contributed by atoms with Gasteiger partial charge in [-0.1, -0.05) is 30.3 Å². The van der Waals surface area contributed by atoms with Gasteiger partial charge in [-0.25, -0.2) is 0 Å². The molecule has 0 aliphatic heterocycles. The first-order chi connectivity index (χ1) is 15.1. The lowest BCUT2D eigenvalue weighted by Crippen LogP contribution is -2.20. The molecule has 5 rings (SSSR count). The highest BCUT2D eigenvalue weighted by Gasteiger charge is 2.12. The van der Waals surface area contributed by atoms with Crippen molar-refractivity contribution < 1.29 is 14.0 Å². The molecular weight excluding hydrogens is 396 g/mol. The molecule has 2 heterocycles. The van der Waals surface area contributed by atoms with Crippen molar-refractivity contribution in [3.63, 3.8) is 0 Å². The summed E-state index contributed by atoms with van der Waals surface area (Å²) < 4.78 is 5.80. The minimum absolute atomic E-state index is 0.101. The molecule has 5 aromatic rings. The first-order valence-corrected chi connectivity index (χ1v) is 9.46. The number of nitrogens with zero attached hydrogens (tertiary/aromatic N) is 4. The summed E-state index contributed by atoms with van der Waals surface area (Å²) in [6.45, 7) is -0.101. The summed E-state index contributed by atoms with van der Waals surface area (Å²) in [5.41, 5.74) is 8.48. The fraction of sp³-hybridized carbons (Fsp3) is 0.0455. The predicted octanol–water partition coefficient (Wildman–Crippen LogP) is 2.98. The van der Waals surface area contributed by atoms with Crippen LogP contribution in [0.4, 0.5) is 5.69 Å². The Balaban J connectivity index is 1.30. The molecule has 0 atom stereocenters. The largest absolute Gasteiger partial charge is 0.456 e. The van der Waals surface area contributed by atoms with E-state index in [4.69, 9.17) is 10.2 Å². The van der Waals surface area contributed by atoms with E-state index < -0.39 is 5.91 Å². The van der Waals surface area contributed by atoms with Gasteiger partial charge in [0.05, 0.1) is 0 Å². The zero-order chi connectivity index (χ0) is 21.4. The van der Waals surface area contributed by atoms with Gasteiger partial charge in [-0.05, 0) is 41.6 Å². The average molecular weight is 412 g/mol. The maximum absolute atomic E-state index is 12.5. The number of furan rings is 1. The normalized spacial score (nSPS) is 11.1. The van der Waals surface area contributed by atoms with Crippen molar-refractivity contribution in [3.05, 3.63) is 72.3 Å². The predicted molar refractivity (Wildman–Crippen MR) is 114 cm³/mol. The zero-order valence-corrected chi connectivity index (χ0v) is 16.1. The van der Waals surface area contributed by atoms with Crippen molar-refractivity contribution in [2.45, 2.75) is 6.54 Å². The van der Waals surface area contributed by atoms with Crippen molar-refractivity contribution >= 4 is 39.4 Å². The van der Waals surface area contributed by atoms with Gasteiger partial charge in [-0.3, -0.25) is 9.59 Å². The smallest absolute Gasteiger partial charge is 0.248 e. The second kappa shape index (κ2) is 7.38. The summed E-state index contributed by atoms with van der Waals surface area (Å²) in [6, 6.07) is 19.7. The lowest BCUT2D eigenvalue weighted by atomic mass is 10.1. The summed E-state index contributed by atoms with van der Waals surface area (Å²) in [4.78, 5) is 24.8. The quantitative estimate of drug-likeness (QED) is 0.457. The maximum Gasteiger partial charge on any atom is 0.248 e. The second-order valence-electron chi connectivity index (χ2n) is 6.94. The van der Waals surface area contributed by atoms with Gasteiger partial charge in [-0.15, -0.1) is 10.2 Å². The molecule has 3 N–H and O–H groups in total. The van der Waals surface area contributed by atoms with Crippen LogP contribution in [0.3, 0.4) is 0 Å². The summed E-state index contributed by atoms with van der Waals surface area (Å²) in [5.74, 6) is -0.461. The number of carbonyl (C=O) groups is 2. The monoisotopic (exact) mass is 412 g/mol. The van der Waals surface area contributed by atoms with E-state index in [0.29, 0.717) is 22.6 Å². The minimum atomic E-state index is -0.513. The van der Waals surface area contributed by atoms with Crippen molar-refractivity contribution in [3.8, 4) is 11.4 Å². The standard InChI is InChI=1S/C22H16N6O3/c23-21(30)13-5-7-14(8-6-13)22-25-27-28(26-22)12-20(29)24-15-9-10-19-17(11-15)16-3-1-2-4-18(16)31-19/h1-11H,12H2,(H2,23,30)(H,24,29). The highest BCUT2D eigenvalue weighted by Crippen LogP contribution is 2.30. The number of tetrazole rings is 1. The van der Waals surface area contributed by atoms with Crippen LogP contribution < -0.4 is 11.1 Å². The van der Waals surface area contributed by atoms with Crippen molar-refractivity contribution in [2.24, 2.45) is 5.73 Å². The molecule has 31 heavy (non-hydrogen) atoms. The number of nitrogens with two attached hydrogens (primary N) is 1. The average Bonchev–Trinajstić information content (AvgIpc) is 3.38. The molecule has 0 saturated heterocycles. The van der Waals surface area contributed by atoms with E-state index in [1.54, 1.807) is 30.3 Å². The van der Waals surface area contributed by atoms with Crippen LogP contribution in [-0.2, 0) is 11.3 Å². The number of para-hydroxylation sites is 1. The number of anilines is 1. The fourth-order valence-electron chi connectivity index (χ4n) is 3.34. The van der Waals surface area contributed by atoms with Gasteiger partial charge in [0.2, 0.25) is 17.6 Å². The molecule has 152 valence electrons. The third-order valence-electron chi connectivity index (χ3n) is 4.83. The summed E-state index contributed by atoms with van der Waals surface area (Å²) in [6.07, 6.45) is 0. The summed E-state index contributed by atoms with van der Waals surface area (Å²) in [5, 5.41) is 16.9. The number of carbonyl (C=O) groups excluding carboxylic acids is 2. The Morgan fingerprint density at radius 3 is 2.55 bits per heavy atom. The number of fused-ring (bicyclic) bond motifs is 3. The number of primary amides is 1. The SMILES string of the molecule is NC(=O)c1ccc(-c2nnn(CC(=O)Nc3ccc4oc5ccccc5c4c3)n2)cc1. The third kappa shape index (κ3) is 3.60. The Morgan fingerprint density at radius 1 is 0.968 bits per heavy atom. The molecule has 0 saturated carbocycles. The first-order valence-electron chi connectivity index (χ1n) is 9.46. The highest BCUT2D eigenvalue weighted by molar-refractivity contribution is 6.06. The van der Waals surface area contributed by atoms with Gasteiger partial charge in [0.15, 0.2) is 0 Å². The topological polar surface area (TPSA) is 129 Å². The minimum Gasteiger partial charge on any atom is -0.456 e. The molecule has 0 aliphatic rings. The van der Waals surface area contributed by atoms with Crippen LogP contribution in [-0.4, -0.2) is 32.0 Å². The summed E-state index contributed by atoms with van der Waals surface area (Å²) in [7, 11) is 0. The molecule has 0 spiro atoms. The van der Waals surface area contributed by atoms with Crippen molar-refractivity contribution in [1.29, 1.82) is 0 Å². The van der Waals surface area contributed by atoms with Crippen LogP contribution in [0.1, 0.15) is 10.4 Å². The van der Waals surface area contributed by atoms with Gasteiger partial charge in [0, 0.05) is 27.6 Å². The Hall–Kier alpha value is -4.53. The molecule has 2 amide bonds.